The minimum atomic E-state index is -0.0307. The van der Waals surface area contributed by atoms with Crippen molar-refractivity contribution in [2.24, 2.45) is 5.92 Å². The lowest BCUT2D eigenvalue weighted by Crippen LogP contribution is -2.18. The Morgan fingerprint density at radius 3 is 2.90 bits per heavy atom. The molecule has 58 valence electrons. The Morgan fingerprint density at radius 2 is 2.20 bits per heavy atom. The van der Waals surface area contributed by atoms with E-state index in [1.54, 1.807) is 0 Å². The first-order valence-corrected chi connectivity index (χ1v) is 3.89. The van der Waals surface area contributed by atoms with Crippen molar-refractivity contribution in [3.63, 3.8) is 0 Å². The first kappa shape index (κ1) is 7.58. The fourth-order valence-corrected chi connectivity index (χ4v) is 1.19. The summed E-state index contributed by atoms with van der Waals surface area (Å²) in [6.45, 7) is 4.09. The number of carbonyl (C=O) groups is 1. The van der Waals surface area contributed by atoms with Crippen LogP contribution in [0.15, 0.2) is 0 Å². The number of esters is 1. The smallest absolute Gasteiger partial charge is 0.306 e. The van der Waals surface area contributed by atoms with Crippen molar-refractivity contribution in [1.82, 2.24) is 0 Å². The first-order chi connectivity index (χ1) is 4.70. The number of rotatable bonds is 0. The Bertz CT molecular complexity index is 131. The molecule has 10 heavy (non-hydrogen) atoms. The zero-order chi connectivity index (χ0) is 7.56. The van der Waals surface area contributed by atoms with E-state index in [1.165, 1.54) is 0 Å². The van der Waals surface area contributed by atoms with Gasteiger partial charge in [0.15, 0.2) is 0 Å². The molecule has 1 fully saturated rings. The number of cyclic esters (lactones) is 1. The van der Waals surface area contributed by atoms with Crippen molar-refractivity contribution >= 4 is 5.97 Å². The summed E-state index contributed by atoms with van der Waals surface area (Å²) in [4.78, 5) is 10.8. The fraction of sp³-hybridized carbons (Fsp3) is 0.875. The van der Waals surface area contributed by atoms with Gasteiger partial charge in [-0.15, -0.1) is 0 Å². The van der Waals surface area contributed by atoms with Gasteiger partial charge in [0.1, 0.15) is 6.10 Å². The van der Waals surface area contributed by atoms with Gasteiger partial charge in [0.25, 0.3) is 0 Å². The molecular formula is C8H14O2. The van der Waals surface area contributed by atoms with E-state index >= 15 is 0 Å². The van der Waals surface area contributed by atoms with Crippen LogP contribution in [0.5, 0.6) is 0 Å². The lowest BCUT2D eigenvalue weighted by atomic mass is 10.0. The highest BCUT2D eigenvalue weighted by Crippen LogP contribution is 2.19. The Kier molecular flexibility index (Phi) is 2.30. The van der Waals surface area contributed by atoms with Gasteiger partial charge in [-0.25, -0.2) is 0 Å². The van der Waals surface area contributed by atoms with Crippen molar-refractivity contribution in [1.29, 1.82) is 0 Å². The van der Waals surface area contributed by atoms with E-state index < -0.39 is 0 Å². The maximum Gasteiger partial charge on any atom is 0.306 e. The topological polar surface area (TPSA) is 26.3 Å². The molecule has 0 spiro atoms. The molecule has 0 aromatic carbocycles. The van der Waals surface area contributed by atoms with Crippen LogP contribution in [0.1, 0.15) is 33.1 Å². The van der Waals surface area contributed by atoms with Crippen LogP contribution < -0.4 is 0 Å². The highest BCUT2D eigenvalue weighted by molar-refractivity contribution is 5.69. The van der Waals surface area contributed by atoms with E-state index in [0.29, 0.717) is 12.3 Å². The van der Waals surface area contributed by atoms with E-state index in [1.807, 2.05) is 6.92 Å². The average Bonchev–Trinajstić information content (AvgIpc) is 1.96. The Balaban J connectivity index is 2.49. The molecule has 2 heteroatoms. The molecule has 0 amide bonds. The second kappa shape index (κ2) is 3.04. The molecule has 0 aromatic rings. The Hall–Kier alpha value is -0.530. The predicted octanol–water partition coefficient (Wildman–Crippen LogP) is 1.74. The molecule has 1 saturated heterocycles. The summed E-state index contributed by atoms with van der Waals surface area (Å²) in [6, 6.07) is 0. The van der Waals surface area contributed by atoms with Crippen LogP contribution in [0.2, 0.25) is 0 Å². The molecule has 0 radical (unpaired) electrons. The summed E-state index contributed by atoms with van der Waals surface area (Å²) in [5, 5.41) is 0. The monoisotopic (exact) mass is 142 g/mol. The van der Waals surface area contributed by atoms with Crippen molar-refractivity contribution in [2.75, 3.05) is 0 Å². The third-order valence-electron chi connectivity index (χ3n) is 2.16. The van der Waals surface area contributed by atoms with Crippen molar-refractivity contribution < 1.29 is 9.53 Å². The Labute approximate surface area is 61.6 Å². The standard InChI is InChI=1S/C8H14O2/c1-6-4-3-5-8(9)10-7(6)2/h6-7H,3-5H2,1-2H3/t6-,7-/m0/s1. The van der Waals surface area contributed by atoms with Crippen LogP contribution in [0.25, 0.3) is 0 Å². The molecule has 2 nitrogen and oxygen atoms in total. The van der Waals surface area contributed by atoms with Gasteiger partial charge in [-0.05, 0) is 25.7 Å². The molecule has 1 heterocycles. The lowest BCUT2D eigenvalue weighted by Gasteiger charge is -2.15. The van der Waals surface area contributed by atoms with Crippen molar-refractivity contribution in [3.05, 3.63) is 0 Å². The summed E-state index contributed by atoms with van der Waals surface area (Å²) >= 11 is 0. The van der Waals surface area contributed by atoms with Crippen molar-refractivity contribution in [3.8, 4) is 0 Å². The summed E-state index contributed by atoms with van der Waals surface area (Å²) in [5.41, 5.74) is 0. The second-order valence-electron chi connectivity index (χ2n) is 3.06. The van der Waals surface area contributed by atoms with Crippen molar-refractivity contribution in [2.45, 2.75) is 39.2 Å². The molecule has 1 aliphatic heterocycles. The summed E-state index contributed by atoms with van der Waals surface area (Å²) in [5.74, 6) is 0.503. The second-order valence-corrected chi connectivity index (χ2v) is 3.06. The zero-order valence-corrected chi connectivity index (χ0v) is 6.59. The Morgan fingerprint density at radius 1 is 1.50 bits per heavy atom. The molecule has 0 aliphatic carbocycles. The third kappa shape index (κ3) is 1.72. The molecule has 0 aromatic heterocycles. The largest absolute Gasteiger partial charge is 0.462 e. The quantitative estimate of drug-likeness (QED) is 0.481. The van der Waals surface area contributed by atoms with E-state index in [9.17, 15) is 4.79 Å². The minimum absolute atomic E-state index is 0.0307. The van der Waals surface area contributed by atoms with E-state index in [-0.39, 0.29) is 12.1 Å². The summed E-state index contributed by atoms with van der Waals surface area (Å²) < 4.78 is 5.08. The molecule has 0 saturated carbocycles. The van der Waals surface area contributed by atoms with Crippen LogP contribution in [0, 0.1) is 5.92 Å². The van der Waals surface area contributed by atoms with E-state index in [2.05, 4.69) is 6.92 Å². The molecule has 1 rings (SSSR count). The van der Waals surface area contributed by atoms with Gasteiger partial charge in [0, 0.05) is 6.42 Å². The zero-order valence-electron chi connectivity index (χ0n) is 6.59. The molecule has 0 unspecified atom stereocenters. The fourth-order valence-electron chi connectivity index (χ4n) is 1.19. The van der Waals surface area contributed by atoms with Crippen LogP contribution >= 0.6 is 0 Å². The lowest BCUT2D eigenvalue weighted by molar-refractivity contribution is -0.148. The van der Waals surface area contributed by atoms with Gasteiger partial charge >= 0.3 is 5.97 Å². The van der Waals surface area contributed by atoms with Gasteiger partial charge in [-0.1, -0.05) is 6.92 Å². The number of hydrogen-bond donors (Lipinski definition) is 0. The van der Waals surface area contributed by atoms with Gasteiger partial charge in [-0.2, -0.15) is 0 Å². The maximum atomic E-state index is 10.8. The SMILES string of the molecule is C[C@@H]1OC(=O)CCC[C@@H]1C. The molecule has 0 bridgehead atoms. The van der Waals surface area contributed by atoms with Gasteiger partial charge in [-0.3, -0.25) is 4.79 Å². The molecule has 0 N–H and O–H groups in total. The summed E-state index contributed by atoms with van der Waals surface area (Å²) in [7, 11) is 0. The van der Waals surface area contributed by atoms with E-state index in [0.717, 1.165) is 12.8 Å². The molecule has 1 aliphatic rings. The van der Waals surface area contributed by atoms with Gasteiger partial charge < -0.3 is 4.74 Å². The summed E-state index contributed by atoms with van der Waals surface area (Å²) in [6.07, 6.45) is 2.83. The maximum absolute atomic E-state index is 10.8. The van der Waals surface area contributed by atoms with Gasteiger partial charge in [0.05, 0.1) is 0 Å². The first-order valence-electron chi connectivity index (χ1n) is 3.89. The average molecular weight is 142 g/mol. The highest BCUT2D eigenvalue weighted by atomic mass is 16.5. The third-order valence-corrected chi connectivity index (χ3v) is 2.16. The van der Waals surface area contributed by atoms with Crippen LogP contribution in [0.4, 0.5) is 0 Å². The molecule has 2 atom stereocenters. The van der Waals surface area contributed by atoms with E-state index in [4.69, 9.17) is 4.74 Å². The number of hydrogen-bond acceptors (Lipinski definition) is 2. The van der Waals surface area contributed by atoms with Crippen LogP contribution in [-0.2, 0) is 9.53 Å². The predicted molar refractivity (Wildman–Crippen MR) is 38.6 cm³/mol. The van der Waals surface area contributed by atoms with Gasteiger partial charge in [0.2, 0.25) is 0 Å². The number of ether oxygens (including phenoxy) is 1. The minimum Gasteiger partial charge on any atom is -0.462 e. The molecular weight excluding hydrogens is 128 g/mol. The number of carbonyl (C=O) groups excluding carboxylic acids is 1. The van der Waals surface area contributed by atoms with Crippen LogP contribution in [-0.4, -0.2) is 12.1 Å². The van der Waals surface area contributed by atoms with Crippen LogP contribution in [0.3, 0.4) is 0 Å². The normalized spacial score (nSPS) is 34.8. The highest BCUT2D eigenvalue weighted by Gasteiger charge is 2.20.